The van der Waals surface area contributed by atoms with E-state index in [0.717, 1.165) is 16.7 Å². The molecule has 1 heteroatoms. The van der Waals surface area contributed by atoms with Gasteiger partial charge in [0.2, 0.25) is 0 Å². The molecule has 216 valence electrons. The van der Waals surface area contributed by atoms with E-state index in [1.54, 1.807) is 6.08 Å². The highest BCUT2D eigenvalue weighted by Gasteiger charge is 2.19. The number of fused-ring (bicyclic) bond motifs is 3. The van der Waals surface area contributed by atoms with Gasteiger partial charge in [-0.15, -0.1) is 0 Å². The minimum atomic E-state index is 0.481. The fourth-order valence-electron chi connectivity index (χ4n) is 6.81. The van der Waals surface area contributed by atoms with Crippen molar-refractivity contribution in [3.05, 3.63) is 168 Å². The first-order valence-corrected chi connectivity index (χ1v) is 15.5. The van der Waals surface area contributed by atoms with Gasteiger partial charge in [-0.25, -0.2) is 0 Å². The summed E-state index contributed by atoms with van der Waals surface area (Å²) in [6.45, 7) is 10.2. The summed E-state index contributed by atoms with van der Waals surface area (Å²) in [5.41, 5.74) is 12.2. The van der Waals surface area contributed by atoms with Gasteiger partial charge >= 0.3 is 0 Å². The van der Waals surface area contributed by atoms with Crippen LogP contribution in [0.15, 0.2) is 152 Å². The van der Waals surface area contributed by atoms with Crippen molar-refractivity contribution in [2.24, 2.45) is 0 Å². The summed E-state index contributed by atoms with van der Waals surface area (Å²) in [6.07, 6.45) is 3.66. The second kappa shape index (κ2) is 11.5. The number of hydrogen-bond acceptors (Lipinski definition) is 1. The SMILES string of the molecule is C=C/C(C)=C\C(=N)c1cccc(-c2c3ccccc3c(-c3ccc(-c4ccc(C)cc4C)c4ccccc34)c3ccccc23)c1. The molecule has 0 radical (unpaired) electrons. The van der Waals surface area contributed by atoms with Crippen molar-refractivity contribution < 1.29 is 0 Å². The first-order valence-electron chi connectivity index (χ1n) is 15.5. The van der Waals surface area contributed by atoms with Crippen LogP contribution in [0.1, 0.15) is 23.6 Å². The smallest absolute Gasteiger partial charge is 0.0615 e. The predicted molar refractivity (Wildman–Crippen MR) is 196 cm³/mol. The van der Waals surface area contributed by atoms with E-state index in [1.165, 1.54) is 71.3 Å². The Morgan fingerprint density at radius 3 is 1.69 bits per heavy atom. The first kappa shape index (κ1) is 28.3. The molecule has 45 heavy (non-hydrogen) atoms. The van der Waals surface area contributed by atoms with E-state index in [4.69, 9.17) is 5.41 Å². The molecule has 7 aromatic rings. The molecule has 0 amide bonds. The molecule has 0 saturated heterocycles. The Balaban J connectivity index is 1.52. The minimum Gasteiger partial charge on any atom is -0.300 e. The number of aryl methyl sites for hydroxylation is 2. The van der Waals surface area contributed by atoms with Crippen molar-refractivity contribution in [1.29, 1.82) is 5.41 Å². The standard InChI is InChI=1S/C44H35N/c1-5-28(2)26-42(45)31-13-12-14-32(27-31)43-37-17-8-10-19-39(37)44(40-20-11-9-18-38(40)43)41-24-23-36(34-15-6-7-16-35(34)41)33-22-21-29(3)25-30(33)4/h5-27,45H,1H2,2-4H3/b28-26-,45-42?. The lowest BCUT2D eigenvalue weighted by molar-refractivity contribution is 1.39. The molecule has 7 aromatic carbocycles. The Hall–Kier alpha value is -5.53. The molecular formula is C44H35N. The predicted octanol–water partition coefficient (Wildman–Crippen LogP) is 12.3. The van der Waals surface area contributed by atoms with Crippen LogP contribution in [0.4, 0.5) is 0 Å². The van der Waals surface area contributed by atoms with Crippen molar-refractivity contribution in [2.45, 2.75) is 20.8 Å². The zero-order valence-electron chi connectivity index (χ0n) is 26.0. The first-order chi connectivity index (χ1) is 21.9. The van der Waals surface area contributed by atoms with Gasteiger partial charge in [-0.2, -0.15) is 0 Å². The van der Waals surface area contributed by atoms with Gasteiger partial charge in [0.25, 0.3) is 0 Å². The molecule has 0 bridgehead atoms. The van der Waals surface area contributed by atoms with Crippen LogP contribution in [0.5, 0.6) is 0 Å². The number of hydrogen-bond donors (Lipinski definition) is 1. The third-order valence-electron chi connectivity index (χ3n) is 8.95. The highest BCUT2D eigenvalue weighted by atomic mass is 14.4. The molecule has 0 aliphatic carbocycles. The second-order valence-corrected chi connectivity index (χ2v) is 12.0. The van der Waals surface area contributed by atoms with Gasteiger partial charge in [0, 0.05) is 5.56 Å². The lowest BCUT2D eigenvalue weighted by Gasteiger charge is -2.20. The van der Waals surface area contributed by atoms with Crippen LogP contribution in [0, 0.1) is 19.3 Å². The summed E-state index contributed by atoms with van der Waals surface area (Å²) < 4.78 is 0. The fraction of sp³-hybridized carbons (Fsp3) is 0.0682. The van der Waals surface area contributed by atoms with Crippen LogP contribution in [-0.4, -0.2) is 5.71 Å². The molecule has 0 fully saturated rings. The van der Waals surface area contributed by atoms with Gasteiger partial charge in [-0.3, -0.25) is 0 Å². The van der Waals surface area contributed by atoms with Crippen LogP contribution in [-0.2, 0) is 0 Å². The van der Waals surface area contributed by atoms with Gasteiger partial charge in [0.15, 0.2) is 0 Å². The van der Waals surface area contributed by atoms with Crippen LogP contribution in [0.3, 0.4) is 0 Å². The molecule has 7 rings (SSSR count). The molecule has 0 unspecified atom stereocenters. The maximum Gasteiger partial charge on any atom is 0.0615 e. The van der Waals surface area contributed by atoms with Gasteiger partial charge in [-0.05, 0) is 110 Å². The van der Waals surface area contributed by atoms with Gasteiger partial charge in [-0.1, -0.05) is 140 Å². The Morgan fingerprint density at radius 2 is 1.09 bits per heavy atom. The Morgan fingerprint density at radius 1 is 0.556 bits per heavy atom. The Bertz CT molecular complexity index is 2280. The number of benzene rings is 7. The molecular weight excluding hydrogens is 542 g/mol. The average Bonchev–Trinajstić information content (AvgIpc) is 3.07. The molecule has 0 atom stereocenters. The van der Waals surface area contributed by atoms with E-state index in [0.29, 0.717) is 5.71 Å². The molecule has 0 heterocycles. The second-order valence-electron chi connectivity index (χ2n) is 12.0. The lowest BCUT2D eigenvalue weighted by atomic mass is 9.83. The van der Waals surface area contributed by atoms with E-state index >= 15 is 0 Å². The van der Waals surface area contributed by atoms with E-state index in [9.17, 15) is 0 Å². The molecule has 0 aliphatic heterocycles. The van der Waals surface area contributed by atoms with Gasteiger partial charge < -0.3 is 5.41 Å². The Labute approximate surface area is 265 Å². The summed E-state index contributed by atoms with van der Waals surface area (Å²) in [4.78, 5) is 0. The van der Waals surface area contributed by atoms with Gasteiger partial charge in [0.1, 0.15) is 0 Å². The zero-order chi connectivity index (χ0) is 31.1. The normalized spacial score (nSPS) is 11.8. The summed E-state index contributed by atoms with van der Waals surface area (Å²) in [5, 5.41) is 16.1. The quantitative estimate of drug-likeness (QED) is 0.115. The van der Waals surface area contributed by atoms with Crippen LogP contribution in [0.2, 0.25) is 0 Å². The van der Waals surface area contributed by atoms with E-state index in [2.05, 4.69) is 142 Å². The molecule has 0 aromatic heterocycles. The summed E-state index contributed by atoms with van der Waals surface area (Å²) in [5.74, 6) is 0. The summed E-state index contributed by atoms with van der Waals surface area (Å²) >= 11 is 0. The molecule has 1 N–H and O–H groups in total. The maximum absolute atomic E-state index is 8.75. The topological polar surface area (TPSA) is 23.9 Å². The summed E-state index contributed by atoms with van der Waals surface area (Å²) in [7, 11) is 0. The van der Waals surface area contributed by atoms with E-state index in [1.807, 2.05) is 19.1 Å². The number of allylic oxidation sites excluding steroid dienone is 3. The van der Waals surface area contributed by atoms with Crippen LogP contribution >= 0.6 is 0 Å². The highest BCUT2D eigenvalue weighted by molar-refractivity contribution is 6.24. The van der Waals surface area contributed by atoms with Crippen LogP contribution in [0.25, 0.3) is 65.7 Å². The monoisotopic (exact) mass is 577 g/mol. The third-order valence-corrected chi connectivity index (χ3v) is 8.95. The van der Waals surface area contributed by atoms with Crippen LogP contribution < -0.4 is 0 Å². The van der Waals surface area contributed by atoms with E-state index in [-0.39, 0.29) is 0 Å². The average molecular weight is 578 g/mol. The lowest BCUT2D eigenvalue weighted by Crippen LogP contribution is -1.97. The minimum absolute atomic E-state index is 0.481. The molecule has 0 spiro atoms. The zero-order valence-corrected chi connectivity index (χ0v) is 26.0. The third kappa shape index (κ3) is 4.97. The summed E-state index contributed by atoms with van der Waals surface area (Å²) in [6, 6.07) is 46.1. The van der Waals surface area contributed by atoms with Crippen molar-refractivity contribution in [2.75, 3.05) is 0 Å². The molecule has 1 nitrogen and oxygen atoms in total. The highest BCUT2D eigenvalue weighted by Crippen LogP contribution is 2.46. The number of rotatable bonds is 6. The largest absolute Gasteiger partial charge is 0.300 e. The van der Waals surface area contributed by atoms with E-state index < -0.39 is 0 Å². The molecule has 0 saturated carbocycles. The van der Waals surface area contributed by atoms with Crippen molar-refractivity contribution in [3.63, 3.8) is 0 Å². The Kier molecular flexibility index (Phi) is 7.23. The van der Waals surface area contributed by atoms with Crippen molar-refractivity contribution >= 4 is 38.0 Å². The maximum atomic E-state index is 8.75. The fourth-order valence-corrected chi connectivity index (χ4v) is 6.81. The van der Waals surface area contributed by atoms with Crippen molar-refractivity contribution in [1.82, 2.24) is 0 Å². The van der Waals surface area contributed by atoms with Gasteiger partial charge in [0.05, 0.1) is 5.71 Å². The van der Waals surface area contributed by atoms with Crippen molar-refractivity contribution in [3.8, 4) is 33.4 Å². The number of nitrogens with one attached hydrogen (secondary N) is 1. The molecule has 0 aliphatic rings.